The first-order chi connectivity index (χ1) is 10.0. The number of hydrogen-bond acceptors (Lipinski definition) is 5. The molecular weight excluding hydrogens is 282 g/mol. The summed E-state index contributed by atoms with van der Waals surface area (Å²) in [5.74, 6) is 1.97. The standard InChI is InChI=1S/C16H25N3OS/c1-6-19(7-2)16-18-10-14(21-16)9-17-12(4)15-8-11(3)20-13(15)5/h8,10,12,17H,6-7,9H2,1-5H3. The number of furan rings is 1. The molecule has 1 unspecified atom stereocenters. The maximum atomic E-state index is 5.60. The fourth-order valence-corrected chi connectivity index (χ4v) is 3.45. The molecular formula is C16H25N3OS. The minimum absolute atomic E-state index is 0.279. The van der Waals surface area contributed by atoms with Gasteiger partial charge in [0, 0.05) is 42.3 Å². The summed E-state index contributed by atoms with van der Waals surface area (Å²) in [4.78, 5) is 8.06. The molecule has 0 fully saturated rings. The average Bonchev–Trinajstić information content (AvgIpc) is 3.04. The maximum Gasteiger partial charge on any atom is 0.185 e. The Labute approximate surface area is 131 Å². The van der Waals surface area contributed by atoms with Gasteiger partial charge in [0.05, 0.1) is 0 Å². The van der Waals surface area contributed by atoms with Crippen molar-refractivity contribution in [2.45, 2.75) is 47.2 Å². The molecule has 2 aromatic heterocycles. The Morgan fingerprint density at radius 1 is 1.33 bits per heavy atom. The lowest BCUT2D eigenvalue weighted by molar-refractivity contribution is 0.490. The van der Waals surface area contributed by atoms with Gasteiger partial charge < -0.3 is 14.6 Å². The Morgan fingerprint density at radius 2 is 2.05 bits per heavy atom. The first kappa shape index (κ1) is 16.0. The van der Waals surface area contributed by atoms with Crippen LogP contribution >= 0.6 is 11.3 Å². The second kappa shape index (κ2) is 7.09. The van der Waals surface area contributed by atoms with Gasteiger partial charge in [0.15, 0.2) is 5.13 Å². The van der Waals surface area contributed by atoms with Gasteiger partial charge in [-0.15, -0.1) is 11.3 Å². The van der Waals surface area contributed by atoms with Crippen LogP contribution in [-0.4, -0.2) is 18.1 Å². The molecule has 0 aromatic carbocycles. The topological polar surface area (TPSA) is 41.3 Å². The normalized spacial score (nSPS) is 12.6. The molecule has 2 rings (SSSR count). The van der Waals surface area contributed by atoms with Crippen molar-refractivity contribution in [3.63, 3.8) is 0 Å². The summed E-state index contributed by atoms with van der Waals surface area (Å²) >= 11 is 1.77. The summed E-state index contributed by atoms with van der Waals surface area (Å²) in [6.07, 6.45) is 1.98. The summed E-state index contributed by atoms with van der Waals surface area (Å²) in [5, 5.41) is 4.66. The first-order valence-electron chi connectivity index (χ1n) is 7.55. The van der Waals surface area contributed by atoms with Crippen molar-refractivity contribution in [2.24, 2.45) is 0 Å². The molecule has 21 heavy (non-hydrogen) atoms. The minimum atomic E-state index is 0.279. The second-order valence-corrected chi connectivity index (χ2v) is 6.35. The highest BCUT2D eigenvalue weighted by molar-refractivity contribution is 7.15. The quantitative estimate of drug-likeness (QED) is 0.838. The number of anilines is 1. The van der Waals surface area contributed by atoms with Crippen molar-refractivity contribution in [2.75, 3.05) is 18.0 Å². The van der Waals surface area contributed by atoms with Crippen LogP contribution in [0, 0.1) is 13.8 Å². The van der Waals surface area contributed by atoms with Gasteiger partial charge in [-0.25, -0.2) is 4.98 Å². The Kier molecular flexibility index (Phi) is 5.42. The zero-order chi connectivity index (χ0) is 15.4. The van der Waals surface area contributed by atoms with E-state index in [1.807, 2.05) is 20.0 Å². The monoisotopic (exact) mass is 307 g/mol. The Morgan fingerprint density at radius 3 is 2.62 bits per heavy atom. The van der Waals surface area contributed by atoms with Gasteiger partial charge in [-0.1, -0.05) is 0 Å². The smallest absolute Gasteiger partial charge is 0.185 e. The van der Waals surface area contributed by atoms with E-state index in [0.29, 0.717) is 0 Å². The van der Waals surface area contributed by atoms with Crippen molar-refractivity contribution < 1.29 is 4.42 Å². The third kappa shape index (κ3) is 3.86. The molecule has 0 aliphatic carbocycles. The third-order valence-corrected chi connectivity index (χ3v) is 4.76. The number of aryl methyl sites for hydroxylation is 2. The molecule has 0 amide bonds. The number of thiazole rings is 1. The van der Waals surface area contributed by atoms with Crippen molar-refractivity contribution >= 4 is 16.5 Å². The zero-order valence-electron chi connectivity index (χ0n) is 13.6. The molecule has 0 bridgehead atoms. The average molecular weight is 307 g/mol. The summed E-state index contributed by atoms with van der Waals surface area (Å²) in [6.45, 7) is 13.3. The van der Waals surface area contributed by atoms with Crippen LogP contribution in [0.3, 0.4) is 0 Å². The zero-order valence-corrected chi connectivity index (χ0v) is 14.4. The molecule has 5 heteroatoms. The van der Waals surface area contributed by atoms with Gasteiger partial charge in [0.1, 0.15) is 11.5 Å². The number of nitrogens with one attached hydrogen (secondary N) is 1. The molecule has 116 valence electrons. The van der Waals surface area contributed by atoms with E-state index in [4.69, 9.17) is 4.42 Å². The van der Waals surface area contributed by atoms with Crippen LogP contribution in [0.15, 0.2) is 16.7 Å². The van der Waals surface area contributed by atoms with E-state index in [1.165, 1.54) is 10.4 Å². The fraction of sp³-hybridized carbons (Fsp3) is 0.562. The van der Waals surface area contributed by atoms with Crippen LogP contribution in [0.25, 0.3) is 0 Å². The van der Waals surface area contributed by atoms with Crippen molar-refractivity contribution in [1.29, 1.82) is 0 Å². The summed E-state index contributed by atoms with van der Waals surface area (Å²) in [5.41, 5.74) is 1.24. The van der Waals surface area contributed by atoms with Gasteiger partial charge in [0.2, 0.25) is 0 Å². The highest BCUT2D eigenvalue weighted by Crippen LogP contribution is 2.24. The molecule has 0 radical (unpaired) electrons. The predicted octanol–water partition coefficient (Wildman–Crippen LogP) is 4.05. The largest absolute Gasteiger partial charge is 0.466 e. The van der Waals surface area contributed by atoms with E-state index in [2.05, 4.69) is 42.0 Å². The molecule has 2 heterocycles. The van der Waals surface area contributed by atoms with Crippen molar-refractivity contribution in [3.8, 4) is 0 Å². The highest BCUT2D eigenvalue weighted by Gasteiger charge is 2.13. The third-order valence-electron chi connectivity index (χ3n) is 3.70. The summed E-state index contributed by atoms with van der Waals surface area (Å²) in [7, 11) is 0. The number of nitrogens with zero attached hydrogens (tertiary/aromatic N) is 2. The summed E-state index contributed by atoms with van der Waals surface area (Å²) in [6, 6.07) is 2.39. The van der Waals surface area contributed by atoms with Crippen LogP contribution in [0.4, 0.5) is 5.13 Å². The molecule has 0 aliphatic rings. The number of aromatic nitrogens is 1. The molecule has 0 aliphatic heterocycles. The van der Waals surface area contributed by atoms with Crippen LogP contribution in [-0.2, 0) is 6.54 Å². The molecule has 0 saturated heterocycles. The van der Waals surface area contributed by atoms with E-state index < -0.39 is 0 Å². The van der Waals surface area contributed by atoms with E-state index in [1.54, 1.807) is 11.3 Å². The maximum absolute atomic E-state index is 5.60. The van der Waals surface area contributed by atoms with E-state index >= 15 is 0 Å². The second-order valence-electron chi connectivity index (χ2n) is 5.25. The van der Waals surface area contributed by atoms with Crippen LogP contribution in [0.5, 0.6) is 0 Å². The van der Waals surface area contributed by atoms with Crippen LogP contribution in [0.1, 0.15) is 48.8 Å². The number of hydrogen-bond donors (Lipinski definition) is 1. The lowest BCUT2D eigenvalue weighted by Crippen LogP contribution is -2.21. The van der Waals surface area contributed by atoms with Gasteiger partial charge in [-0.3, -0.25) is 0 Å². The molecule has 4 nitrogen and oxygen atoms in total. The van der Waals surface area contributed by atoms with E-state index in [0.717, 1.165) is 36.3 Å². The van der Waals surface area contributed by atoms with Gasteiger partial charge in [0.25, 0.3) is 0 Å². The lowest BCUT2D eigenvalue weighted by Gasteiger charge is -2.16. The van der Waals surface area contributed by atoms with Crippen molar-refractivity contribution in [3.05, 3.63) is 34.2 Å². The predicted molar refractivity (Wildman–Crippen MR) is 89.1 cm³/mol. The Bertz CT molecular complexity index is 572. The van der Waals surface area contributed by atoms with Crippen LogP contribution in [0.2, 0.25) is 0 Å². The highest BCUT2D eigenvalue weighted by atomic mass is 32.1. The Balaban J connectivity index is 1.95. The van der Waals surface area contributed by atoms with Gasteiger partial charge >= 0.3 is 0 Å². The first-order valence-corrected chi connectivity index (χ1v) is 8.36. The molecule has 1 N–H and O–H groups in total. The molecule has 2 aromatic rings. The summed E-state index contributed by atoms with van der Waals surface area (Å²) < 4.78 is 5.60. The molecule has 0 spiro atoms. The van der Waals surface area contributed by atoms with E-state index in [-0.39, 0.29) is 6.04 Å². The molecule has 0 saturated carbocycles. The Hall–Kier alpha value is -1.33. The van der Waals surface area contributed by atoms with Crippen LogP contribution < -0.4 is 10.2 Å². The SMILES string of the molecule is CCN(CC)c1ncc(CNC(C)c2cc(C)oc2C)s1. The fourth-order valence-electron chi connectivity index (χ4n) is 2.46. The van der Waals surface area contributed by atoms with Gasteiger partial charge in [-0.05, 0) is 40.7 Å². The van der Waals surface area contributed by atoms with E-state index in [9.17, 15) is 0 Å². The molecule has 1 atom stereocenters. The minimum Gasteiger partial charge on any atom is -0.466 e. The number of rotatable bonds is 7. The van der Waals surface area contributed by atoms with Crippen molar-refractivity contribution in [1.82, 2.24) is 10.3 Å². The van der Waals surface area contributed by atoms with Gasteiger partial charge in [-0.2, -0.15) is 0 Å². The lowest BCUT2D eigenvalue weighted by atomic mass is 10.1.